The lowest BCUT2D eigenvalue weighted by molar-refractivity contribution is -0.119. The maximum absolute atomic E-state index is 12.7. The normalized spacial score (nSPS) is 16.4. The van der Waals surface area contributed by atoms with E-state index in [1.54, 1.807) is 23.9 Å². The molecule has 1 atom stereocenters. The van der Waals surface area contributed by atoms with Crippen LogP contribution in [0.2, 0.25) is 0 Å². The highest BCUT2D eigenvalue weighted by atomic mass is 32.2. The van der Waals surface area contributed by atoms with E-state index in [9.17, 15) is 9.59 Å². The fourth-order valence-corrected chi connectivity index (χ4v) is 3.95. The van der Waals surface area contributed by atoms with Crippen LogP contribution in [-0.4, -0.2) is 26.2 Å². The number of carbonyl (C=O) groups excluding carboxylic acids is 1. The van der Waals surface area contributed by atoms with Crippen molar-refractivity contribution in [3.63, 3.8) is 0 Å². The van der Waals surface area contributed by atoms with Gasteiger partial charge in [0.1, 0.15) is 0 Å². The zero-order valence-electron chi connectivity index (χ0n) is 13.6. The second kappa shape index (κ2) is 6.33. The molecule has 1 aliphatic rings. The van der Waals surface area contributed by atoms with Gasteiger partial charge in [-0.05, 0) is 19.1 Å². The number of carbonyl (C=O) groups is 1. The van der Waals surface area contributed by atoms with Gasteiger partial charge in [-0.2, -0.15) is 0 Å². The first-order valence-electron chi connectivity index (χ1n) is 7.97. The van der Waals surface area contributed by atoms with E-state index in [0.29, 0.717) is 28.7 Å². The van der Waals surface area contributed by atoms with Gasteiger partial charge in [0.05, 0.1) is 17.1 Å². The monoisotopic (exact) mass is 352 g/mol. The Balaban J connectivity index is 1.60. The summed E-state index contributed by atoms with van der Waals surface area (Å²) < 4.78 is 1.59. The third kappa shape index (κ3) is 2.91. The molecule has 0 radical (unpaired) electrons. The standard InChI is InChI=1S/C18H16N4O2S/c1-11-8-20-18-22(17(11)24)9-13(10-25-18)16(23)21-14-6-2-4-12-5-3-7-19-15(12)14/h2-8,13H,9-10H2,1H3,(H,21,23)/t13-/m0/s1. The number of amides is 1. The van der Waals surface area contributed by atoms with Gasteiger partial charge in [-0.25, -0.2) is 4.98 Å². The summed E-state index contributed by atoms with van der Waals surface area (Å²) in [5, 5.41) is 4.61. The lowest BCUT2D eigenvalue weighted by atomic mass is 10.1. The Bertz CT molecular complexity index is 1030. The van der Waals surface area contributed by atoms with Crippen molar-refractivity contribution in [3.8, 4) is 0 Å². The highest BCUT2D eigenvalue weighted by Gasteiger charge is 2.27. The molecule has 0 unspecified atom stereocenters. The molecule has 0 bridgehead atoms. The van der Waals surface area contributed by atoms with Crippen molar-refractivity contribution in [2.45, 2.75) is 18.6 Å². The summed E-state index contributed by atoms with van der Waals surface area (Å²) in [5.74, 6) is 0.196. The molecular weight excluding hydrogens is 336 g/mol. The molecule has 0 saturated carbocycles. The number of aryl methyl sites for hydroxylation is 1. The van der Waals surface area contributed by atoms with Crippen LogP contribution in [0.5, 0.6) is 0 Å². The fraction of sp³-hybridized carbons (Fsp3) is 0.222. The number of benzene rings is 1. The number of anilines is 1. The van der Waals surface area contributed by atoms with Gasteiger partial charge in [0.25, 0.3) is 5.56 Å². The second-order valence-electron chi connectivity index (χ2n) is 6.02. The lowest BCUT2D eigenvalue weighted by Crippen LogP contribution is -2.37. The van der Waals surface area contributed by atoms with E-state index in [4.69, 9.17) is 0 Å². The molecule has 3 aromatic rings. The predicted molar refractivity (Wildman–Crippen MR) is 97.8 cm³/mol. The molecule has 6 nitrogen and oxygen atoms in total. The summed E-state index contributed by atoms with van der Waals surface area (Å²) in [6, 6.07) is 9.51. The summed E-state index contributed by atoms with van der Waals surface area (Å²) in [7, 11) is 0. The quantitative estimate of drug-likeness (QED) is 0.717. The number of aromatic nitrogens is 3. The van der Waals surface area contributed by atoms with Crippen molar-refractivity contribution in [1.29, 1.82) is 0 Å². The van der Waals surface area contributed by atoms with Crippen LogP contribution >= 0.6 is 11.8 Å². The number of hydrogen-bond donors (Lipinski definition) is 1. The van der Waals surface area contributed by atoms with Gasteiger partial charge < -0.3 is 5.32 Å². The molecule has 1 aromatic carbocycles. The van der Waals surface area contributed by atoms with E-state index in [2.05, 4.69) is 15.3 Å². The summed E-state index contributed by atoms with van der Waals surface area (Å²) >= 11 is 1.44. The van der Waals surface area contributed by atoms with E-state index in [-0.39, 0.29) is 17.4 Å². The van der Waals surface area contributed by atoms with Crippen molar-refractivity contribution in [1.82, 2.24) is 14.5 Å². The third-order valence-electron chi connectivity index (χ3n) is 4.26. The third-order valence-corrected chi connectivity index (χ3v) is 5.41. The number of pyridine rings is 1. The zero-order valence-corrected chi connectivity index (χ0v) is 14.4. The van der Waals surface area contributed by atoms with Crippen LogP contribution in [-0.2, 0) is 11.3 Å². The molecule has 7 heteroatoms. The number of rotatable bonds is 2. The van der Waals surface area contributed by atoms with Crippen molar-refractivity contribution in [2.75, 3.05) is 11.1 Å². The smallest absolute Gasteiger partial charge is 0.257 e. The molecule has 4 rings (SSSR count). The topological polar surface area (TPSA) is 76.9 Å². The van der Waals surface area contributed by atoms with Crippen LogP contribution in [0.3, 0.4) is 0 Å². The number of hydrogen-bond acceptors (Lipinski definition) is 5. The number of fused-ring (bicyclic) bond motifs is 2. The van der Waals surface area contributed by atoms with Crippen LogP contribution < -0.4 is 10.9 Å². The Morgan fingerprint density at radius 3 is 3.00 bits per heavy atom. The van der Waals surface area contributed by atoms with Gasteiger partial charge in [0, 0.05) is 35.6 Å². The van der Waals surface area contributed by atoms with E-state index >= 15 is 0 Å². The van der Waals surface area contributed by atoms with Crippen LogP contribution in [0.4, 0.5) is 5.69 Å². The fourth-order valence-electron chi connectivity index (χ4n) is 2.90. The number of nitrogens with zero attached hydrogens (tertiary/aromatic N) is 3. The van der Waals surface area contributed by atoms with Gasteiger partial charge in [-0.15, -0.1) is 0 Å². The Morgan fingerprint density at radius 2 is 2.12 bits per heavy atom. The molecule has 0 aliphatic carbocycles. The number of nitrogens with one attached hydrogen (secondary N) is 1. The predicted octanol–water partition coefficient (Wildman–Crippen LogP) is 2.46. The summed E-state index contributed by atoms with van der Waals surface area (Å²) in [6.45, 7) is 2.08. The van der Waals surface area contributed by atoms with Gasteiger partial charge in [0.2, 0.25) is 5.91 Å². The molecule has 2 aromatic heterocycles. The average Bonchev–Trinajstić information content (AvgIpc) is 2.65. The number of thioether (sulfide) groups is 1. The first-order chi connectivity index (χ1) is 12.1. The van der Waals surface area contributed by atoms with Crippen LogP contribution in [0.15, 0.2) is 52.7 Å². The minimum atomic E-state index is -0.294. The summed E-state index contributed by atoms with van der Waals surface area (Å²) in [6.07, 6.45) is 3.29. The maximum atomic E-state index is 12.7. The number of para-hydroxylation sites is 1. The van der Waals surface area contributed by atoms with Crippen molar-refractivity contribution < 1.29 is 4.79 Å². The molecule has 0 fully saturated rings. The van der Waals surface area contributed by atoms with Gasteiger partial charge in [-0.1, -0.05) is 30.0 Å². The van der Waals surface area contributed by atoms with Crippen molar-refractivity contribution >= 4 is 34.3 Å². The zero-order chi connectivity index (χ0) is 17.4. The average molecular weight is 352 g/mol. The highest BCUT2D eigenvalue weighted by molar-refractivity contribution is 7.99. The largest absolute Gasteiger partial charge is 0.324 e. The van der Waals surface area contributed by atoms with Gasteiger partial charge in [-0.3, -0.25) is 19.1 Å². The molecule has 1 amide bonds. The Labute approximate surface area is 148 Å². The lowest BCUT2D eigenvalue weighted by Gasteiger charge is -2.24. The first-order valence-corrected chi connectivity index (χ1v) is 8.96. The second-order valence-corrected chi connectivity index (χ2v) is 7.00. The minimum Gasteiger partial charge on any atom is -0.324 e. The Kier molecular flexibility index (Phi) is 4.01. The van der Waals surface area contributed by atoms with Crippen LogP contribution in [0.1, 0.15) is 5.56 Å². The molecule has 1 aliphatic heterocycles. The summed E-state index contributed by atoms with van der Waals surface area (Å²) in [5.41, 5.74) is 1.95. The van der Waals surface area contributed by atoms with Crippen molar-refractivity contribution in [2.24, 2.45) is 5.92 Å². The van der Waals surface area contributed by atoms with Gasteiger partial charge in [0.15, 0.2) is 5.16 Å². The van der Waals surface area contributed by atoms with E-state index in [1.807, 2.05) is 30.3 Å². The molecular formula is C18H16N4O2S. The van der Waals surface area contributed by atoms with E-state index < -0.39 is 0 Å². The minimum absolute atomic E-state index is 0.0816. The summed E-state index contributed by atoms with van der Waals surface area (Å²) in [4.78, 5) is 33.7. The van der Waals surface area contributed by atoms with E-state index in [0.717, 1.165) is 10.9 Å². The molecule has 0 saturated heterocycles. The first kappa shape index (κ1) is 15.8. The SMILES string of the molecule is Cc1cnc2n(c1=O)C[C@H](C(=O)Nc1cccc3cccnc13)CS2. The Hall–Kier alpha value is -2.67. The molecule has 126 valence electrons. The van der Waals surface area contributed by atoms with Crippen LogP contribution in [0, 0.1) is 12.8 Å². The molecule has 1 N–H and O–H groups in total. The van der Waals surface area contributed by atoms with Crippen molar-refractivity contribution in [3.05, 3.63) is 58.6 Å². The van der Waals surface area contributed by atoms with Crippen LogP contribution in [0.25, 0.3) is 10.9 Å². The molecule has 25 heavy (non-hydrogen) atoms. The van der Waals surface area contributed by atoms with E-state index in [1.165, 1.54) is 11.8 Å². The Morgan fingerprint density at radius 1 is 1.28 bits per heavy atom. The maximum Gasteiger partial charge on any atom is 0.257 e. The molecule has 3 heterocycles. The van der Waals surface area contributed by atoms with Gasteiger partial charge >= 0.3 is 0 Å². The highest BCUT2D eigenvalue weighted by Crippen LogP contribution is 2.27. The molecule has 0 spiro atoms.